The van der Waals surface area contributed by atoms with Crippen molar-refractivity contribution in [2.24, 2.45) is 0 Å². The summed E-state index contributed by atoms with van der Waals surface area (Å²) in [4.78, 5) is 0. The van der Waals surface area contributed by atoms with E-state index in [1.165, 1.54) is 0 Å². The minimum absolute atomic E-state index is 1.68. The van der Waals surface area contributed by atoms with Gasteiger partial charge in [0.05, 0.1) is 0 Å². The van der Waals surface area contributed by atoms with Crippen molar-refractivity contribution in [3.63, 3.8) is 0 Å². The topological polar surface area (TPSA) is 0 Å². The molecule has 0 fully saturated rings. The fraction of sp³-hybridized carbons (Fsp3) is 1.00. The van der Waals surface area contributed by atoms with Crippen molar-refractivity contribution in [3.8, 4) is 0 Å². The van der Waals surface area contributed by atoms with Crippen molar-refractivity contribution in [1.82, 2.24) is 0 Å². The van der Waals surface area contributed by atoms with Gasteiger partial charge in [0.1, 0.15) is 0 Å². The van der Waals surface area contributed by atoms with Gasteiger partial charge in [0, 0.05) is 0 Å². The van der Waals surface area contributed by atoms with Crippen LogP contribution in [-0.2, 0) is 0 Å². The maximum absolute atomic E-state index is 11.6. The molecule has 11 heavy (non-hydrogen) atoms. The van der Waals surface area contributed by atoms with Gasteiger partial charge in [0.15, 0.2) is 0 Å². The number of alkyl halides is 6. The molecule has 0 aliphatic carbocycles. The second-order valence-electron chi connectivity index (χ2n) is 1.57. The molecule has 0 saturated carbocycles. The molecule has 0 aliphatic rings. The Kier molecular flexibility index (Phi) is 3.40. The molecule has 0 aliphatic heterocycles. The average molecular weight is 370 g/mol. The molecule has 0 N–H and O–H groups in total. The van der Waals surface area contributed by atoms with Crippen LogP contribution in [0.3, 0.4) is 0 Å². The molecule has 0 atom stereocenters. The fourth-order valence-corrected chi connectivity index (χ4v) is 0.835. The molecule has 0 unspecified atom stereocenters. The van der Waals surface area contributed by atoms with E-state index in [2.05, 4.69) is 0 Å². The Morgan fingerprint density at radius 2 is 0.909 bits per heavy atom. The van der Waals surface area contributed by atoms with Crippen molar-refractivity contribution in [2.75, 3.05) is 0 Å². The van der Waals surface area contributed by atoms with Crippen molar-refractivity contribution in [3.05, 3.63) is 0 Å². The Hall–Kier alpha value is 1.08. The minimum atomic E-state index is -6.00. The van der Waals surface area contributed by atoms with Crippen LogP contribution in [0.15, 0.2) is 0 Å². The van der Waals surface area contributed by atoms with Gasteiger partial charge < -0.3 is 0 Å². The Balaban J connectivity index is 4.75. The Morgan fingerprint density at radius 3 is 0.909 bits per heavy atom. The normalized spacial score (nSPS) is 15.3. The molecule has 0 aromatic rings. The van der Waals surface area contributed by atoms with E-state index in [9.17, 15) is 26.3 Å². The van der Waals surface area contributed by atoms with Crippen LogP contribution in [0.5, 0.6) is 0 Å². The molecule has 0 nitrogen and oxygen atoms in total. The summed E-state index contributed by atoms with van der Waals surface area (Å²) in [5.41, 5.74) is 0. The molecule has 0 aromatic carbocycles. The third-order valence-electron chi connectivity index (χ3n) is 0.712. The van der Waals surface area contributed by atoms with E-state index in [0.29, 0.717) is 0 Å². The van der Waals surface area contributed by atoms with Crippen molar-refractivity contribution in [2.45, 2.75) is 10.0 Å². The first kappa shape index (κ1) is 12.1. The molecular formula is C2Br2F6Ge. The van der Waals surface area contributed by atoms with Gasteiger partial charge in [-0.3, -0.25) is 0 Å². The van der Waals surface area contributed by atoms with Crippen LogP contribution >= 0.6 is 28.0 Å². The molecule has 0 amide bonds. The van der Waals surface area contributed by atoms with E-state index in [1.54, 1.807) is 28.0 Å². The summed E-state index contributed by atoms with van der Waals surface area (Å²) in [6.07, 6.45) is 0. The number of halogens is 8. The zero-order valence-electron chi connectivity index (χ0n) is 4.52. The number of rotatable bonds is 0. The van der Waals surface area contributed by atoms with E-state index in [4.69, 9.17) is 0 Å². The van der Waals surface area contributed by atoms with Crippen LogP contribution in [-0.4, -0.2) is 19.6 Å². The molecule has 0 rings (SSSR count). The molecule has 0 spiro atoms. The van der Waals surface area contributed by atoms with Crippen LogP contribution in [0.2, 0.25) is 0 Å². The second-order valence-corrected chi connectivity index (χ2v) is 24.3. The van der Waals surface area contributed by atoms with Crippen molar-refractivity contribution < 1.29 is 26.3 Å². The van der Waals surface area contributed by atoms with Crippen LogP contribution in [0.4, 0.5) is 26.3 Å². The third-order valence-corrected chi connectivity index (χ3v) is 13.0. The Morgan fingerprint density at radius 1 is 0.727 bits per heavy atom. The predicted octanol–water partition coefficient (Wildman–Crippen LogP) is 3.42. The Bertz CT molecular complexity index is 130. The van der Waals surface area contributed by atoms with E-state index in [-0.39, 0.29) is 0 Å². The van der Waals surface area contributed by atoms with Crippen LogP contribution < -0.4 is 0 Å². The number of hydrogen-bond acceptors (Lipinski definition) is 0. The van der Waals surface area contributed by atoms with Gasteiger partial charge in [0.2, 0.25) is 0 Å². The summed E-state index contributed by atoms with van der Waals surface area (Å²) in [6, 6.07) is 0. The van der Waals surface area contributed by atoms with Gasteiger partial charge in [-0.15, -0.1) is 0 Å². The fourth-order valence-electron chi connectivity index (χ4n) is 0.161. The first-order valence-electron chi connectivity index (χ1n) is 2.01. The van der Waals surface area contributed by atoms with Gasteiger partial charge in [-0.2, -0.15) is 0 Å². The van der Waals surface area contributed by atoms with Gasteiger partial charge in [0.25, 0.3) is 0 Å². The molecule has 0 radical (unpaired) electrons. The zero-order valence-corrected chi connectivity index (χ0v) is 9.79. The predicted molar refractivity (Wildman–Crippen MR) is 35.7 cm³/mol. The first-order valence-corrected chi connectivity index (χ1v) is 13.9. The van der Waals surface area contributed by atoms with Crippen LogP contribution in [0.25, 0.3) is 0 Å². The SMILES string of the molecule is F[C](F)(F)[Ge]([Br])([Br])[C](F)(F)F. The van der Waals surface area contributed by atoms with E-state index >= 15 is 0 Å². The van der Waals surface area contributed by atoms with E-state index < -0.39 is 19.6 Å². The first-order chi connectivity index (χ1) is 4.50. The molecule has 0 saturated heterocycles. The van der Waals surface area contributed by atoms with E-state index in [1.807, 2.05) is 0 Å². The summed E-state index contributed by atoms with van der Waals surface area (Å²) in [6.45, 7) is 0. The summed E-state index contributed by atoms with van der Waals surface area (Å²) in [5.74, 6) is 0. The van der Waals surface area contributed by atoms with Crippen molar-refractivity contribution >= 4 is 37.6 Å². The van der Waals surface area contributed by atoms with Gasteiger partial charge >= 0.3 is 74.0 Å². The molecule has 68 valence electrons. The summed E-state index contributed by atoms with van der Waals surface area (Å²) in [5, 5.41) is -10.4. The third kappa shape index (κ3) is 2.51. The van der Waals surface area contributed by atoms with Gasteiger partial charge in [-0.25, -0.2) is 0 Å². The standard InChI is InChI=1S/C2Br2F6Ge/c3-11(4,1(5,6)7)2(8,9)10. The number of hydrogen-bond donors (Lipinski definition) is 0. The van der Waals surface area contributed by atoms with E-state index in [0.717, 1.165) is 0 Å². The summed E-state index contributed by atoms with van der Waals surface area (Å²) in [7, 11) is -6.00. The summed E-state index contributed by atoms with van der Waals surface area (Å²) < 4.78 is 69.6. The Labute approximate surface area is 73.9 Å². The average Bonchev–Trinajstić information content (AvgIpc) is 1.58. The maximum atomic E-state index is 11.6. The molecule has 0 bridgehead atoms. The summed E-state index contributed by atoms with van der Waals surface area (Å²) >= 11 is 3.35. The van der Waals surface area contributed by atoms with Gasteiger partial charge in [-0.05, 0) is 0 Å². The molecule has 9 heteroatoms. The second kappa shape index (κ2) is 3.09. The monoisotopic (exact) mass is 370 g/mol. The van der Waals surface area contributed by atoms with Crippen LogP contribution in [0.1, 0.15) is 0 Å². The van der Waals surface area contributed by atoms with Crippen LogP contribution in [0, 0.1) is 0 Å². The quantitative estimate of drug-likeness (QED) is 0.453. The van der Waals surface area contributed by atoms with Crippen molar-refractivity contribution in [1.29, 1.82) is 0 Å². The zero-order chi connectivity index (χ0) is 9.50. The molecular weight excluding hydrogens is 370 g/mol. The molecule has 0 aromatic heterocycles. The van der Waals surface area contributed by atoms with Gasteiger partial charge in [-0.1, -0.05) is 0 Å². The molecule has 0 heterocycles.